The van der Waals surface area contributed by atoms with Gasteiger partial charge in [0.2, 0.25) is 0 Å². The molecule has 3 nitrogen and oxygen atoms in total. The summed E-state index contributed by atoms with van der Waals surface area (Å²) in [5, 5.41) is 0. The Hall–Kier alpha value is 0.567. The van der Waals surface area contributed by atoms with Crippen LogP contribution in [0.4, 0.5) is 0 Å². The van der Waals surface area contributed by atoms with E-state index in [0.717, 1.165) is 32.0 Å². The minimum absolute atomic E-state index is 0.0892. The number of unbranched alkanes of at least 4 members (excludes halogenated alkanes) is 22. The number of alkyl halides is 2. The van der Waals surface area contributed by atoms with E-state index in [1.807, 2.05) is 0 Å². The zero-order valence-corrected chi connectivity index (χ0v) is 37.0. The predicted molar refractivity (Wildman–Crippen MR) is 216 cm³/mol. The number of halogens is 1. The van der Waals surface area contributed by atoms with Crippen molar-refractivity contribution in [3.63, 3.8) is 0 Å². The third kappa shape index (κ3) is 34.1. The molecule has 1 fully saturated rings. The van der Waals surface area contributed by atoms with Crippen LogP contribution in [0.15, 0.2) is 12.2 Å². The predicted octanol–water partition coefficient (Wildman–Crippen LogP) is 11.9. The maximum absolute atomic E-state index is 6.62. The molecule has 0 N–H and O–H groups in total. The molecule has 1 aliphatic carbocycles. The normalized spacial score (nSPS) is 15.2. The SMILES string of the molecule is CCCCCCCC/C=C\CCCCCCCC(OCCCCCCCCCCCC1CCCCC1)O[Si](C)(C)OCCCCCC[I-]C. The van der Waals surface area contributed by atoms with Crippen LogP contribution in [0.2, 0.25) is 13.1 Å². The quantitative estimate of drug-likeness (QED) is 0.0155. The van der Waals surface area contributed by atoms with Gasteiger partial charge in [-0.2, -0.15) is 0 Å². The molecule has 1 aliphatic rings. The van der Waals surface area contributed by atoms with E-state index in [1.165, 1.54) is 203 Å². The average Bonchev–Trinajstić information content (AvgIpc) is 3.10. The standard InChI is InChI=1S/C44H88IO3Si/c1-5-6-7-8-9-10-11-12-13-14-15-18-21-24-32-39-44(48-49(3,4)47-42-35-27-25-33-40-45-2)46-41-34-26-22-19-16-17-20-23-29-36-43-37-30-28-31-38-43/h12-13,43-44H,5-11,14-42H2,1-4H3/q-1/b13-12-. The number of hydrogen-bond donors (Lipinski definition) is 0. The van der Waals surface area contributed by atoms with E-state index < -0.39 is 8.56 Å². The molecule has 0 heterocycles. The minimum atomic E-state index is -2.19. The van der Waals surface area contributed by atoms with Gasteiger partial charge < -0.3 is 0 Å². The third-order valence-corrected chi connectivity index (χ3v) is 14.1. The first-order valence-corrected chi connectivity index (χ1v) is 28.6. The summed E-state index contributed by atoms with van der Waals surface area (Å²) in [6.45, 7) is 8.42. The van der Waals surface area contributed by atoms with Gasteiger partial charge in [0.1, 0.15) is 0 Å². The van der Waals surface area contributed by atoms with Gasteiger partial charge in [-0.05, 0) is 38.0 Å². The fraction of sp³-hybridized carbons (Fsp3) is 0.955. The number of hydrogen-bond acceptors (Lipinski definition) is 3. The fourth-order valence-corrected chi connectivity index (χ4v) is 10.2. The molecule has 294 valence electrons. The van der Waals surface area contributed by atoms with Gasteiger partial charge in [-0.15, -0.1) is 0 Å². The molecule has 0 amide bonds. The Morgan fingerprint density at radius 3 is 1.71 bits per heavy atom. The molecule has 1 atom stereocenters. The zero-order valence-electron chi connectivity index (χ0n) is 33.9. The Morgan fingerprint density at radius 1 is 0.592 bits per heavy atom. The molecule has 0 aromatic heterocycles. The Labute approximate surface area is 320 Å². The van der Waals surface area contributed by atoms with E-state index >= 15 is 0 Å². The van der Waals surface area contributed by atoms with Crippen LogP contribution in [0.25, 0.3) is 0 Å². The van der Waals surface area contributed by atoms with E-state index in [4.69, 9.17) is 13.6 Å². The van der Waals surface area contributed by atoms with Crippen LogP contribution in [0, 0.1) is 5.92 Å². The summed E-state index contributed by atoms with van der Waals surface area (Å²) in [7, 11) is -2.19. The Bertz CT molecular complexity index is 681. The van der Waals surface area contributed by atoms with Crippen LogP contribution < -0.4 is 21.2 Å². The van der Waals surface area contributed by atoms with Crippen LogP contribution in [0.1, 0.15) is 219 Å². The molecule has 0 radical (unpaired) electrons. The van der Waals surface area contributed by atoms with Crippen LogP contribution in [-0.4, -0.2) is 37.4 Å². The van der Waals surface area contributed by atoms with Crippen LogP contribution in [0.3, 0.4) is 0 Å². The maximum atomic E-state index is 6.62. The van der Waals surface area contributed by atoms with Crippen molar-refractivity contribution >= 4 is 8.56 Å². The summed E-state index contributed by atoms with van der Waals surface area (Å²) in [5.41, 5.74) is 0. The van der Waals surface area contributed by atoms with E-state index in [9.17, 15) is 0 Å². The molecular weight excluding hydrogens is 731 g/mol. The summed E-state index contributed by atoms with van der Waals surface area (Å²) in [5.74, 6) is 1.06. The summed E-state index contributed by atoms with van der Waals surface area (Å²) in [6, 6.07) is 0. The molecule has 49 heavy (non-hydrogen) atoms. The van der Waals surface area contributed by atoms with Gasteiger partial charge in [-0.1, -0.05) is 160 Å². The van der Waals surface area contributed by atoms with Crippen molar-refractivity contribution in [1.29, 1.82) is 0 Å². The van der Waals surface area contributed by atoms with Crippen LogP contribution in [0.5, 0.6) is 0 Å². The molecule has 1 rings (SSSR count). The van der Waals surface area contributed by atoms with E-state index in [1.54, 1.807) is 0 Å². The van der Waals surface area contributed by atoms with Gasteiger partial charge in [-0.3, -0.25) is 0 Å². The van der Waals surface area contributed by atoms with Crippen LogP contribution in [-0.2, 0) is 13.6 Å². The summed E-state index contributed by atoms with van der Waals surface area (Å²) in [6.07, 6.45) is 49.9. The second-order valence-corrected chi connectivity index (χ2v) is 21.8. The molecular formula is C44H88IO3Si-. The Morgan fingerprint density at radius 2 is 1.10 bits per heavy atom. The first kappa shape index (κ1) is 47.6. The van der Waals surface area contributed by atoms with Gasteiger partial charge in [0.25, 0.3) is 0 Å². The molecule has 0 spiro atoms. The van der Waals surface area contributed by atoms with Crippen molar-refractivity contribution in [2.75, 3.05) is 22.6 Å². The summed E-state index contributed by atoms with van der Waals surface area (Å²) in [4.78, 5) is 2.39. The van der Waals surface area contributed by atoms with E-state index in [0.29, 0.717) is 21.2 Å². The second kappa shape index (κ2) is 36.9. The number of rotatable bonds is 38. The monoisotopic (exact) mass is 820 g/mol. The first-order valence-electron chi connectivity index (χ1n) is 22.1. The van der Waals surface area contributed by atoms with Crippen molar-refractivity contribution in [1.82, 2.24) is 0 Å². The van der Waals surface area contributed by atoms with Gasteiger partial charge in [0.05, 0.1) is 0 Å². The average molecular weight is 820 g/mol. The van der Waals surface area contributed by atoms with Crippen molar-refractivity contribution in [2.24, 2.45) is 5.92 Å². The second-order valence-electron chi connectivity index (χ2n) is 15.9. The molecule has 0 bridgehead atoms. The van der Waals surface area contributed by atoms with Crippen molar-refractivity contribution < 1.29 is 34.8 Å². The van der Waals surface area contributed by atoms with Crippen LogP contribution >= 0.6 is 0 Å². The van der Waals surface area contributed by atoms with E-state index in [-0.39, 0.29) is 6.29 Å². The van der Waals surface area contributed by atoms with E-state index in [2.05, 4.69) is 37.1 Å². The molecule has 0 aliphatic heterocycles. The molecule has 0 aromatic carbocycles. The number of ether oxygens (including phenoxy) is 1. The molecule has 1 saturated carbocycles. The number of allylic oxidation sites excluding steroid dienone is 2. The van der Waals surface area contributed by atoms with Gasteiger partial charge in [0, 0.05) is 0 Å². The topological polar surface area (TPSA) is 27.7 Å². The molecule has 5 heteroatoms. The zero-order chi connectivity index (χ0) is 35.4. The molecule has 1 unspecified atom stereocenters. The van der Waals surface area contributed by atoms with Gasteiger partial charge in [-0.25, -0.2) is 0 Å². The van der Waals surface area contributed by atoms with Gasteiger partial charge >= 0.3 is 124 Å². The Kier molecular flexibility index (Phi) is 35.8. The molecule has 0 aromatic rings. The summed E-state index contributed by atoms with van der Waals surface area (Å²) >= 11 is 0.457. The van der Waals surface area contributed by atoms with Crippen molar-refractivity contribution in [3.8, 4) is 0 Å². The Balaban J connectivity index is 2.18. The fourth-order valence-electron chi connectivity index (χ4n) is 7.37. The third-order valence-electron chi connectivity index (χ3n) is 10.6. The molecule has 0 saturated heterocycles. The van der Waals surface area contributed by atoms with Crippen molar-refractivity contribution in [2.45, 2.75) is 238 Å². The first-order chi connectivity index (χ1) is 24.1. The van der Waals surface area contributed by atoms with Gasteiger partial charge in [0.15, 0.2) is 0 Å². The summed E-state index contributed by atoms with van der Waals surface area (Å²) < 4.78 is 20.9. The van der Waals surface area contributed by atoms with Crippen molar-refractivity contribution in [3.05, 3.63) is 12.2 Å².